The Morgan fingerprint density at radius 2 is 1.78 bits per heavy atom. The molecule has 32 heavy (non-hydrogen) atoms. The van der Waals surface area contributed by atoms with Gasteiger partial charge in [0.25, 0.3) is 0 Å². The quantitative estimate of drug-likeness (QED) is 0.538. The molecule has 168 valence electrons. The van der Waals surface area contributed by atoms with Crippen molar-refractivity contribution in [1.82, 2.24) is 10.2 Å². The van der Waals surface area contributed by atoms with Crippen LogP contribution < -0.4 is 10.1 Å². The fraction of sp³-hybridized carbons (Fsp3) is 0.375. The summed E-state index contributed by atoms with van der Waals surface area (Å²) in [6.07, 6.45) is 0.862. The number of fused-ring (bicyclic) bond motifs is 1. The molecule has 3 N–H and O–H groups in total. The summed E-state index contributed by atoms with van der Waals surface area (Å²) in [6, 6.07) is 15.3. The Labute approximate surface area is 185 Å². The third-order valence-corrected chi connectivity index (χ3v) is 6.27. The molecule has 2 aliphatic heterocycles. The van der Waals surface area contributed by atoms with Crippen LogP contribution in [0.1, 0.15) is 30.5 Å². The highest BCUT2D eigenvalue weighted by Crippen LogP contribution is 2.49. The van der Waals surface area contributed by atoms with Crippen molar-refractivity contribution in [3.05, 3.63) is 65.7 Å². The average Bonchev–Trinajstić information content (AvgIpc) is 3.29. The molecule has 0 aliphatic carbocycles. The molecule has 0 saturated carbocycles. The predicted octanol–water partition coefficient (Wildman–Crippen LogP) is 1.74. The highest BCUT2D eigenvalue weighted by Gasteiger charge is 2.68. The van der Waals surface area contributed by atoms with Gasteiger partial charge in [0.1, 0.15) is 5.75 Å². The van der Waals surface area contributed by atoms with Crippen molar-refractivity contribution >= 4 is 17.8 Å². The third kappa shape index (κ3) is 3.55. The Balaban J connectivity index is 1.69. The number of nitrogens with zero attached hydrogens (tertiary/aromatic N) is 1. The molecule has 8 nitrogen and oxygen atoms in total. The van der Waals surface area contributed by atoms with Crippen LogP contribution in [0.2, 0.25) is 0 Å². The summed E-state index contributed by atoms with van der Waals surface area (Å²) in [5.74, 6) is -3.86. The highest BCUT2D eigenvalue weighted by molar-refractivity contribution is 6.09. The van der Waals surface area contributed by atoms with Gasteiger partial charge in [-0.05, 0) is 29.7 Å². The zero-order valence-corrected chi connectivity index (χ0v) is 17.7. The first-order valence-corrected chi connectivity index (χ1v) is 10.7. The SMILES string of the molecule is CCCOc1ccc(C2NC(CO)(C(=O)O)C3C(=O)N(Cc4ccccc4)C(=O)C23)cc1. The van der Waals surface area contributed by atoms with E-state index in [0.29, 0.717) is 17.9 Å². The van der Waals surface area contributed by atoms with Crippen LogP contribution in [0, 0.1) is 11.8 Å². The number of aliphatic hydroxyl groups is 1. The summed E-state index contributed by atoms with van der Waals surface area (Å²) in [7, 11) is 0. The third-order valence-electron chi connectivity index (χ3n) is 6.27. The molecule has 4 atom stereocenters. The number of ether oxygens (including phenoxy) is 1. The Kier molecular flexibility index (Phi) is 5.99. The van der Waals surface area contributed by atoms with Crippen LogP contribution in [0.25, 0.3) is 0 Å². The largest absolute Gasteiger partial charge is 0.494 e. The summed E-state index contributed by atoms with van der Waals surface area (Å²) in [5, 5.41) is 23.0. The molecular formula is C24H26N2O6. The number of carbonyl (C=O) groups is 3. The lowest BCUT2D eigenvalue weighted by molar-refractivity contribution is -0.153. The number of aliphatic hydroxyl groups excluding tert-OH is 1. The van der Waals surface area contributed by atoms with Crippen LogP contribution in [0.15, 0.2) is 54.6 Å². The fourth-order valence-corrected chi connectivity index (χ4v) is 4.67. The number of aliphatic carboxylic acids is 1. The van der Waals surface area contributed by atoms with Crippen molar-refractivity contribution in [2.45, 2.75) is 31.5 Å². The van der Waals surface area contributed by atoms with Crippen LogP contribution in [-0.4, -0.2) is 51.6 Å². The molecule has 2 aliphatic rings. The van der Waals surface area contributed by atoms with Crippen LogP contribution in [0.4, 0.5) is 0 Å². The molecule has 2 aromatic rings. The van der Waals surface area contributed by atoms with E-state index < -0.39 is 47.8 Å². The van der Waals surface area contributed by atoms with E-state index in [0.717, 1.165) is 16.9 Å². The average molecular weight is 438 g/mol. The first kappa shape index (κ1) is 22.0. The van der Waals surface area contributed by atoms with Gasteiger partial charge >= 0.3 is 5.97 Å². The van der Waals surface area contributed by atoms with Gasteiger partial charge in [-0.1, -0.05) is 49.4 Å². The van der Waals surface area contributed by atoms with Gasteiger partial charge in [0.05, 0.1) is 31.6 Å². The molecule has 2 saturated heterocycles. The molecule has 4 unspecified atom stereocenters. The summed E-state index contributed by atoms with van der Waals surface area (Å²) in [5.41, 5.74) is -0.519. The van der Waals surface area contributed by atoms with Crippen molar-refractivity contribution in [1.29, 1.82) is 0 Å². The molecule has 2 aromatic carbocycles. The minimum absolute atomic E-state index is 0.0587. The van der Waals surface area contributed by atoms with Gasteiger partial charge in [0.15, 0.2) is 5.54 Å². The molecule has 4 rings (SSSR count). The number of rotatable bonds is 8. The Bertz CT molecular complexity index is 1010. The van der Waals surface area contributed by atoms with Gasteiger partial charge in [-0.25, -0.2) is 0 Å². The maximum Gasteiger partial charge on any atom is 0.327 e. The summed E-state index contributed by atoms with van der Waals surface area (Å²) in [6.45, 7) is 1.82. The fourth-order valence-electron chi connectivity index (χ4n) is 4.67. The number of nitrogens with one attached hydrogen (secondary N) is 1. The summed E-state index contributed by atoms with van der Waals surface area (Å²) >= 11 is 0. The number of likely N-dealkylation sites (tertiary alicyclic amines) is 1. The van der Waals surface area contributed by atoms with E-state index in [4.69, 9.17) is 4.74 Å². The first-order valence-electron chi connectivity index (χ1n) is 10.7. The maximum atomic E-state index is 13.4. The molecule has 2 heterocycles. The Morgan fingerprint density at radius 1 is 1.09 bits per heavy atom. The van der Waals surface area contributed by atoms with Gasteiger partial charge in [-0.2, -0.15) is 0 Å². The number of benzene rings is 2. The highest BCUT2D eigenvalue weighted by atomic mass is 16.5. The Morgan fingerprint density at radius 3 is 2.38 bits per heavy atom. The van der Waals surface area contributed by atoms with E-state index in [2.05, 4.69) is 5.32 Å². The smallest absolute Gasteiger partial charge is 0.327 e. The van der Waals surface area contributed by atoms with E-state index in [9.17, 15) is 24.6 Å². The second-order valence-corrected chi connectivity index (χ2v) is 8.23. The number of carbonyl (C=O) groups excluding carboxylic acids is 2. The lowest BCUT2D eigenvalue weighted by Crippen LogP contribution is -2.58. The number of carboxylic acids is 1. The van der Waals surface area contributed by atoms with Crippen LogP contribution in [0.5, 0.6) is 5.75 Å². The number of imide groups is 1. The molecule has 0 spiro atoms. The molecule has 2 amide bonds. The first-order chi connectivity index (χ1) is 15.4. The van der Waals surface area contributed by atoms with E-state index in [1.807, 2.05) is 25.1 Å². The molecule has 0 bridgehead atoms. The second kappa shape index (κ2) is 8.72. The van der Waals surface area contributed by atoms with Gasteiger partial charge in [-0.15, -0.1) is 0 Å². The zero-order valence-electron chi connectivity index (χ0n) is 17.7. The van der Waals surface area contributed by atoms with E-state index in [-0.39, 0.29) is 6.54 Å². The molecular weight excluding hydrogens is 412 g/mol. The van der Waals surface area contributed by atoms with Crippen molar-refractivity contribution in [2.75, 3.05) is 13.2 Å². The van der Waals surface area contributed by atoms with Crippen LogP contribution in [0.3, 0.4) is 0 Å². The van der Waals surface area contributed by atoms with E-state index in [1.165, 1.54) is 0 Å². The number of carboxylic acid groups (broad SMARTS) is 1. The lowest BCUT2D eigenvalue weighted by Gasteiger charge is -2.29. The Hall–Kier alpha value is -3.23. The predicted molar refractivity (Wildman–Crippen MR) is 115 cm³/mol. The summed E-state index contributed by atoms with van der Waals surface area (Å²) in [4.78, 5) is 40.0. The molecule has 8 heteroatoms. The number of hydrogen-bond acceptors (Lipinski definition) is 6. The minimum atomic E-state index is -1.94. The van der Waals surface area contributed by atoms with Crippen molar-refractivity contribution < 1.29 is 29.3 Å². The van der Waals surface area contributed by atoms with Gasteiger partial charge < -0.3 is 14.9 Å². The molecule has 0 radical (unpaired) electrons. The van der Waals surface area contributed by atoms with Crippen molar-refractivity contribution in [3.63, 3.8) is 0 Å². The normalized spacial score (nSPS) is 26.9. The van der Waals surface area contributed by atoms with E-state index in [1.54, 1.807) is 36.4 Å². The van der Waals surface area contributed by atoms with Gasteiger partial charge in [-0.3, -0.25) is 24.6 Å². The molecule has 2 fully saturated rings. The monoisotopic (exact) mass is 438 g/mol. The van der Waals surface area contributed by atoms with Gasteiger partial charge in [0.2, 0.25) is 11.8 Å². The molecule has 0 aromatic heterocycles. The maximum absolute atomic E-state index is 13.4. The minimum Gasteiger partial charge on any atom is -0.494 e. The zero-order chi connectivity index (χ0) is 22.9. The number of hydrogen-bond donors (Lipinski definition) is 3. The van der Waals surface area contributed by atoms with Crippen LogP contribution >= 0.6 is 0 Å². The van der Waals surface area contributed by atoms with Crippen molar-refractivity contribution in [3.8, 4) is 5.75 Å². The van der Waals surface area contributed by atoms with Gasteiger partial charge in [0, 0.05) is 6.04 Å². The lowest BCUT2D eigenvalue weighted by atomic mass is 9.79. The van der Waals surface area contributed by atoms with E-state index >= 15 is 0 Å². The standard InChI is InChI=1S/C24H26N2O6/c1-2-12-32-17-10-8-16(9-11-17)20-18-19(24(14-27,25-20)23(30)31)22(29)26(21(18)28)13-15-6-4-3-5-7-15/h3-11,18-20,25,27H,2,12-14H2,1H3,(H,30,31). The van der Waals surface area contributed by atoms with Crippen LogP contribution in [-0.2, 0) is 20.9 Å². The topological polar surface area (TPSA) is 116 Å². The second-order valence-electron chi connectivity index (χ2n) is 8.23. The number of amides is 2. The summed E-state index contributed by atoms with van der Waals surface area (Å²) < 4.78 is 5.60. The van der Waals surface area contributed by atoms with Crippen molar-refractivity contribution in [2.24, 2.45) is 11.8 Å².